The van der Waals surface area contributed by atoms with E-state index in [4.69, 9.17) is 4.74 Å². The largest absolute Gasteiger partial charge is 0.381 e. The third kappa shape index (κ3) is 0.731. The lowest BCUT2D eigenvalue weighted by Crippen LogP contribution is -2.24. The lowest BCUT2D eigenvalue weighted by atomic mass is 9.86. The standard InChI is InChI=1S/C11H16O/c1-12-11-6-7-5-10(11)9-4-2-3-8(7)9/h9-11H,2-6H2,1H3. The molecule has 0 saturated heterocycles. The van der Waals surface area contributed by atoms with Crippen molar-refractivity contribution in [1.29, 1.82) is 0 Å². The Hall–Kier alpha value is -0.300. The minimum Gasteiger partial charge on any atom is -0.381 e. The van der Waals surface area contributed by atoms with E-state index in [2.05, 4.69) is 0 Å². The highest BCUT2D eigenvalue weighted by Gasteiger charge is 2.46. The summed E-state index contributed by atoms with van der Waals surface area (Å²) < 4.78 is 5.52. The van der Waals surface area contributed by atoms with Gasteiger partial charge in [-0.3, -0.25) is 0 Å². The van der Waals surface area contributed by atoms with Crippen molar-refractivity contribution in [1.82, 2.24) is 0 Å². The van der Waals surface area contributed by atoms with Crippen molar-refractivity contribution in [2.45, 2.75) is 38.2 Å². The molecular formula is C11H16O. The first-order valence-corrected chi connectivity index (χ1v) is 5.13. The Labute approximate surface area is 73.8 Å². The molecule has 2 fully saturated rings. The van der Waals surface area contributed by atoms with Crippen LogP contribution in [-0.2, 0) is 4.74 Å². The molecule has 2 bridgehead atoms. The molecule has 0 radical (unpaired) electrons. The summed E-state index contributed by atoms with van der Waals surface area (Å²) in [6.45, 7) is 0. The number of ether oxygens (including phenoxy) is 1. The molecule has 2 saturated carbocycles. The van der Waals surface area contributed by atoms with Gasteiger partial charge < -0.3 is 4.74 Å². The Morgan fingerprint density at radius 2 is 2.25 bits per heavy atom. The fourth-order valence-electron chi connectivity index (χ4n) is 3.60. The molecular weight excluding hydrogens is 148 g/mol. The zero-order chi connectivity index (χ0) is 8.13. The van der Waals surface area contributed by atoms with Gasteiger partial charge >= 0.3 is 0 Å². The van der Waals surface area contributed by atoms with E-state index in [1.807, 2.05) is 12.7 Å². The average Bonchev–Trinajstić information content (AvgIpc) is 2.75. The topological polar surface area (TPSA) is 9.23 Å². The number of allylic oxidation sites excluding steroid dienone is 1. The molecule has 3 rings (SSSR count). The summed E-state index contributed by atoms with van der Waals surface area (Å²) in [5, 5.41) is 0. The van der Waals surface area contributed by atoms with E-state index >= 15 is 0 Å². The quantitative estimate of drug-likeness (QED) is 0.541. The molecule has 0 aromatic rings. The van der Waals surface area contributed by atoms with Crippen LogP contribution in [-0.4, -0.2) is 13.2 Å². The van der Waals surface area contributed by atoms with Gasteiger partial charge in [0.25, 0.3) is 0 Å². The second kappa shape index (κ2) is 2.35. The Morgan fingerprint density at radius 1 is 1.33 bits per heavy atom. The van der Waals surface area contributed by atoms with E-state index < -0.39 is 0 Å². The van der Waals surface area contributed by atoms with E-state index in [1.54, 1.807) is 5.57 Å². The van der Waals surface area contributed by atoms with Crippen molar-refractivity contribution >= 4 is 0 Å². The van der Waals surface area contributed by atoms with Crippen LogP contribution < -0.4 is 0 Å². The van der Waals surface area contributed by atoms with Gasteiger partial charge in [-0.1, -0.05) is 11.1 Å². The molecule has 3 aliphatic rings. The fourth-order valence-corrected chi connectivity index (χ4v) is 3.60. The second-order valence-corrected chi connectivity index (χ2v) is 4.47. The molecule has 0 aliphatic heterocycles. The van der Waals surface area contributed by atoms with Gasteiger partial charge in [0, 0.05) is 7.11 Å². The van der Waals surface area contributed by atoms with Crippen molar-refractivity contribution in [3.8, 4) is 0 Å². The summed E-state index contributed by atoms with van der Waals surface area (Å²) >= 11 is 0. The molecule has 1 heteroatoms. The van der Waals surface area contributed by atoms with Gasteiger partial charge in [-0.2, -0.15) is 0 Å². The van der Waals surface area contributed by atoms with E-state index in [9.17, 15) is 0 Å². The van der Waals surface area contributed by atoms with E-state index in [0.717, 1.165) is 11.8 Å². The van der Waals surface area contributed by atoms with Crippen LogP contribution in [0.3, 0.4) is 0 Å². The lowest BCUT2D eigenvalue weighted by Gasteiger charge is -2.25. The first-order chi connectivity index (χ1) is 5.90. The predicted molar refractivity (Wildman–Crippen MR) is 47.9 cm³/mol. The molecule has 3 aliphatic carbocycles. The Balaban J connectivity index is 1.95. The normalized spacial score (nSPS) is 44.2. The highest BCUT2D eigenvalue weighted by atomic mass is 16.5. The van der Waals surface area contributed by atoms with Crippen molar-refractivity contribution in [3.63, 3.8) is 0 Å². The summed E-state index contributed by atoms with van der Waals surface area (Å²) in [4.78, 5) is 0. The first-order valence-electron chi connectivity index (χ1n) is 5.13. The van der Waals surface area contributed by atoms with E-state index in [-0.39, 0.29) is 0 Å². The maximum atomic E-state index is 5.52. The minimum atomic E-state index is 0.576. The van der Waals surface area contributed by atoms with Crippen LogP contribution in [0.5, 0.6) is 0 Å². The van der Waals surface area contributed by atoms with Gasteiger partial charge in [0.1, 0.15) is 0 Å². The molecule has 1 nitrogen and oxygen atoms in total. The number of fused-ring (bicyclic) bond motifs is 4. The molecule has 3 unspecified atom stereocenters. The van der Waals surface area contributed by atoms with E-state index in [0.29, 0.717) is 6.10 Å². The molecule has 0 heterocycles. The third-order valence-electron chi connectivity index (χ3n) is 4.09. The molecule has 0 aromatic heterocycles. The monoisotopic (exact) mass is 164 g/mol. The zero-order valence-corrected chi connectivity index (χ0v) is 7.68. The highest BCUT2D eigenvalue weighted by Crippen LogP contribution is 2.55. The van der Waals surface area contributed by atoms with Gasteiger partial charge in [0.15, 0.2) is 0 Å². The van der Waals surface area contributed by atoms with Crippen molar-refractivity contribution in [3.05, 3.63) is 11.1 Å². The number of hydrogen-bond donors (Lipinski definition) is 0. The van der Waals surface area contributed by atoms with Crippen LogP contribution in [0.1, 0.15) is 32.1 Å². The van der Waals surface area contributed by atoms with Crippen LogP contribution >= 0.6 is 0 Å². The van der Waals surface area contributed by atoms with Gasteiger partial charge in [0.2, 0.25) is 0 Å². The van der Waals surface area contributed by atoms with Crippen LogP contribution in [0, 0.1) is 11.8 Å². The molecule has 66 valence electrons. The van der Waals surface area contributed by atoms with E-state index in [1.165, 1.54) is 32.1 Å². The SMILES string of the molecule is COC1CC2=C3CCCC3C1C2. The maximum Gasteiger partial charge on any atom is 0.0645 e. The summed E-state index contributed by atoms with van der Waals surface area (Å²) in [7, 11) is 1.88. The van der Waals surface area contributed by atoms with Crippen LogP contribution in [0.25, 0.3) is 0 Å². The fraction of sp³-hybridized carbons (Fsp3) is 0.818. The lowest BCUT2D eigenvalue weighted by molar-refractivity contribution is 0.0534. The number of hydrogen-bond acceptors (Lipinski definition) is 1. The van der Waals surface area contributed by atoms with Gasteiger partial charge in [-0.25, -0.2) is 0 Å². The Bertz CT molecular complexity index is 241. The summed E-state index contributed by atoms with van der Waals surface area (Å²) in [6, 6.07) is 0. The number of methoxy groups -OCH3 is 1. The minimum absolute atomic E-state index is 0.576. The maximum absolute atomic E-state index is 5.52. The summed E-state index contributed by atoms with van der Waals surface area (Å²) in [5.41, 5.74) is 3.61. The van der Waals surface area contributed by atoms with Crippen molar-refractivity contribution < 1.29 is 4.74 Å². The van der Waals surface area contributed by atoms with Gasteiger partial charge in [0.05, 0.1) is 6.10 Å². The summed E-state index contributed by atoms with van der Waals surface area (Å²) in [5.74, 6) is 1.82. The molecule has 0 amide bonds. The summed E-state index contributed by atoms with van der Waals surface area (Å²) in [6.07, 6.45) is 7.50. The third-order valence-corrected chi connectivity index (χ3v) is 4.09. The van der Waals surface area contributed by atoms with Crippen LogP contribution in [0.4, 0.5) is 0 Å². The van der Waals surface area contributed by atoms with Gasteiger partial charge in [-0.05, 0) is 43.9 Å². The molecule has 0 N–H and O–H groups in total. The average molecular weight is 164 g/mol. The van der Waals surface area contributed by atoms with Crippen molar-refractivity contribution in [2.24, 2.45) is 11.8 Å². The zero-order valence-electron chi connectivity index (χ0n) is 7.68. The molecule has 12 heavy (non-hydrogen) atoms. The molecule has 0 spiro atoms. The molecule has 0 aromatic carbocycles. The van der Waals surface area contributed by atoms with Crippen LogP contribution in [0.15, 0.2) is 11.1 Å². The Kier molecular flexibility index (Phi) is 1.40. The Morgan fingerprint density at radius 3 is 3.08 bits per heavy atom. The highest BCUT2D eigenvalue weighted by molar-refractivity contribution is 5.33. The first kappa shape index (κ1) is 7.14. The van der Waals surface area contributed by atoms with Crippen molar-refractivity contribution in [2.75, 3.05) is 7.11 Å². The van der Waals surface area contributed by atoms with Gasteiger partial charge in [-0.15, -0.1) is 0 Å². The second-order valence-electron chi connectivity index (χ2n) is 4.47. The predicted octanol–water partition coefficient (Wildman–Crippen LogP) is 2.52. The number of rotatable bonds is 1. The van der Waals surface area contributed by atoms with Crippen LogP contribution in [0.2, 0.25) is 0 Å². The molecule has 3 atom stereocenters. The smallest absolute Gasteiger partial charge is 0.0645 e.